The maximum Gasteiger partial charge on any atom is 0.282 e. The zero-order valence-corrected chi connectivity index (χ0v) is 13.1. The number of hydrogen-bond acceptors (Lipinski definition) is 3. The quantitative estimate of drug-likeness (QED) is 0.482. The van der Waals surface area contributed by atoms with Crippen LogP contribution in [0.2, 0.25) is 0 Å². The molecule has 1 aromatic rings. The Bertz CT molecular complexity index is 547. The summed E-state index contributed by atoms with van der Waals surface area (Å²) in [6.07, 6.45) is 0.932. The third-order valence-electron chi connectivity index (χ3n) is 3.88. The normalized spacial score (nSPS) is 22.1. The van der Waals surface area contributed by atoms with E-state index in [4.69, 9.17) is 0 Å². The number of alkyl halides is 1. The molecular weight excluding hydrogens is 324 g/mol. The lowest BCUT2D eigenvalue weighted by molar-refractivity contribution is -0.385. The van der Waals surface area contributed by atoms with Crippen molar-refractivity contribution in [2.24, 2.45) is 5.92 Å². The number of benzene rings is 1. The van der Waals surface area contributed by atoms with Gasteiger partial charge in [0.1, 0.15) is 5.56 Å². The number of nitro groups is 1. The molecule has 1 saturated heterocycles. The van der Waals surface area contributed by atoms with E-state index in [2.05, 4.69) is 22.9 Å². The van der Waals surface area contributed by atoms with Gasteiger partial charge in [0.15, 0.2) is 0 Å². The Kier molecular flexibility index (Phi) is 4.42. The van der Waals surface area contributed by atoms with Crippen molar-refractivity contribution in [2.45, 2.75) is 26.3 Å². The van der Waals surface area contributed by atoms with Crippen molar-refractivity contribution in [3.63, 3.8) is 0 Å². The summed E-state index contributed by atoms with van der Waals surface area (Å²) in [6, 6.07) is 4.77. The van der Waals surface area contributed by atoms with Gasteiger partial charge in [-0.15, -0.1) is 0 Å². The summed E-state index contributed by atoms with van der Waals surface area (Å²) in [4.78, 5) is 25.0. The first kappa shape index (κ1) is 15.0. The second kappa shape index (κ2) is 5.91. The molecule has 0 saturated carbocycles. The minimum atomic E-state index is -0.491. The lowest BCUT2D eigenvalue weighted by Gasteiger charge is -2.25. The largest absolute Gasteiger partial charge is 0.334 e. The Morgan fingerprint density at radius 2 is 2.25 bits per heavy atom. The molecule has 2 atom stereocenters. The first-order valence-electron chi connectivity index (χ1n) is 6.57. The van der Waals surface area contributed by atoms with Crippen molar-refractivity contribution >= 4 is 27.5 Å². The molecule has 108 valence electrons. The predicted molar refractivity (Wildman–Crippen MR) is 80.2 cm³/mol. The number of carbonyl (C=O) groups excluding carboxylic acids is 1. The van der Waals surface area contributed by atoms with Crippen LogP contribution in [-0.2, 0) is 0 Å². The number of likely N-dealkylation sites (tertiary alicyclic amines) is 1. The van der Waals surface area contributed by atoms with E-state index in [9.17, 15) is 14.9 Å². The molecule has 0 bridgehead atoms. The molecule has 2 rings (SSSR count). The lowest BCUT2D eigenvalue weighted by Crippen LogP contribution is -2.38. The summed E-state index contributed by atoms with van der Waals surface area (Å²) < 4.78 is 0. The van der Waals surface area contributed by atoms with Crippen LogP contribution in [0.15, 0.2) is 18.2 Å². The first-order valence-corrected chi connectivity index (χ1v) is 7.69. The van der Waals surface area contributed by atoms with Gasteiger partial charge < -0.3 is 4.90 Å². The number of halogens is 1. The average Bonchev–Trinajstić information content (AvgIpc) is 2.78. The van der Waals surface area contributed by atoms with Crippen LogP contribution in [0, 0.1) is 23.0 Å². The van der Waals surface area contributed by atoms with E-state index in [-0.39, 0.29) is 23.2 Å². The maximum absolute atomic E-state index is 12.6. The number of nitro benzene ring substituents is 1. The number of aryl methyl sites for hydroxylation is 1. The van der Waals surface area contributed by atoms with Gasteiger partial charge in [0, 0.05) is 24.0 Å². The summed E-state index contributed by atoms with van der Waals surface area (Å²) in [5.41, 5.74) is 0.921. The van der Waals surface area contributed by atoms with E-state index >= 15 is 0 Å². The molecule has 1 aromatic carbocycles. The Hall–Kier alpha value is -1.43. The van der Waals surface area contributed by atoms with Gasteiger partial charge in [-0.05, 0) is 30.9 Å². The summed E-state index contributed by atoms with van der Waals surface area (Å²) in [5, 5.41) is 11.8. The molecule has 20 heavy (non-hydrogen) atoms. The maximum atomic E-state index is 12.6. The van der Waals surface area contributed by atoms with Crippen molar-refractivity contribution < 1.29 is 9.72 Å². The monoisotopic (exact) mass is 340 g/mol. The standard InChI is InChI=1S/C14H17BrN2O3/c1-9-3-4-12(17(19)20)11(7-9)14(18)16-6-5-10(2)13(16)8-15/h3-4,7,10,13H,5-6,8H2,1-2H3. The van der Waals surface area contributed by atoms with Crippen LogP contribution in [0.25, 0.3) is 0 Å². The molecule has 1 heterocycles. The molecule has 0 N–H and O–H groups in total. The highest BCUT2D eigenvalue weighted by atomic mass is 79.9. The fourth-order valence-corrected chi connectivity index (χ4v) is 3.62. The van der Waals surface area contributed by atoms with Crippen LogP contribution in [0.3, 0.4) is 0 Å². The summed E-state index contributed by atoms with van der Waals surface area (Å²) in [5.74, 6) is 0.163. The van der Waals surface area contributed by atoms with Gasteiger partial charge >= 0.3 is 0 Å². The number of hydrogen-bond donors (Lipinski definition) is 0. The number of carbonyl (C=O) groups is 1. The van der Waals surface area contributed by atoms with Gasteiger partial charge in [-0.25, -0.2) is 0 Å². The molecule has 0 radical (unpaired) electrons. The third kappa shape index (κ3) is 2.70. The molecule has 5 nitrogen and oxygen atoms in total. The van der Waals surface area contributed by atoms with Crippen molar-refractivity contribution in [2.75, 3.05) is 11.9 Å². The fraction of sp³-hybridized carbons (Fsp3) is 0.500. The highest BCUT2D eigenvalue weighted by Gasteiger charge is 2.36. The van der Waals surface area contributed by atoms with Crippen LogP contribution < -0.4 is 0 Å². The van der Waals surface area contributed by atoms with Gasteiger partial charge in [-0.3, -0.25) is 14.9 Å². The van der Waals surface area contributed by atoms with E-state index in [0.29, 0.717) is 17.8 Å². The zero-order chi connectivity index (χ0) is 14.9. The molecule has 1 fully saturated rings. The van der Waals surface area contributed by atoms with Gasteiger partial charge in [-0.2, -0.15) is 0 Å². The molecule has 0 spiro atoms. The van der Waals surface area contributed by atoms with Crippen LogP contribution in [-0.4, -0.2) is 33.6 Å². The SMILES string of the molecule is Cc1ccc([N+](=O)[O-])c(C(=O)N2CCC(C)C2CBr)c1. The lowest BCUT2D eigenvalue weighted by atomic mass is 10.0. The fourth-order valence-electron chi connectivity index (χ4n) is 2.63. The van der Waals surface area contributed by atoms with Crippen molar-refractivity contribution in [1.29, 1.82) is 0 Å². The van der Waals surface area contributed by atoms with E-state index < -0.39 is 4.92 Å². The van der Waals surface area contributed by atoms with Crippen LogP contribution >= 0.6 is 15.9 Å². The van der Waals surface area contributed by atoms with Crippen molar-refractivity contribution in [3.05, 3.63) is 39.4 Å². The number of nitrogens with zero attached hydrogens (tertiary/aromatic N) is 2. The molecule has 2 unspecified atom stereocenters. The van der Waals surface area contributed by atoms with E-state index in [0.717, 1.165) is 12.0 Å². The van der Waals surface area contributed by atoms with Crippen LogP contribution in [0.4, 0.5) is 5.69 Å². The topological polar surface area (TPSA) is 63.5 Å². The molecule has 0 aliphatic carbocycles. The Labute approximate surface area is 126 Å². The Balaban J connectivity index is 2.38. The number of rotatable bonds is 3. The van der Waals surface area contributed by atoms with Gasteiger partial charge in [0.2, 0.25) is 0 Å². The summed E-state index contributed by atoms with van der Waals surface area (Å²) in [7, 11) is 0. The second-order valence-corrected chi connectivity index (χ2v) is 5.91. The van der Waals surface area contributed by atoms with E-state index in [1.807, 2.05) is 6.92 Å². The predicted octanol–water partition coefficient (Wildman–Crippen LogP) is 3.15. The summed E-state index contributed by atoms with van der Waals surface area (Å²) >= 11 is 3.43. The van der Waals surface area contributed by atoms with Crippen LogP contribution in [0.5, 0.6) is 0 Å². The highest BCUT2D eigenvalue weighted by Crippen LogP contribution is 2.29. The van der Waals surface area contributed by atoms with Crippen molar-refractivity contribution in [1.82, 2.24) is 4.90 Å². The first-order chi connectivity index (χ1) is 9.45. The van der Waals surface area contributed by atoms with Gasteiger partial charge in [0.25, 0.3) is 11.6 Å². The highest BCUT2D eigenvalue weighted by molar-refractivity contribution is 9.09. The molecular formula is C14H17BrN2O3. The molecule has 1 amide bonds. The molecule has 1 aliphatic heterocycles. The van der Waals surface area contributed by atoms with E-state index in [1.165, 1.54) is 6.07 Å². The Morgan fingerprint density at radius 1 is 1.55 bits per heavy atom. The third-order valence-corrected chi connectivity index (χ3v) is 4.54. The van der Waals surface area contributed by atoms with Crippen LogP contribution in [0.1, 0.15) is 29.3 Å². The minimum Gasteiger partial charge on any atom is -0.334 e. The molecule has 0 aromatic heterocycles. The smallest absolute Gasteiger partial charge is 0.282 e. The van der Waals surface area contributed by atoms with Gasteiger partial charge in [-0.1, -0.05) is 28.9 Å². The zero-order valence-electron chi connectivity index (χ0n) is 11.5. The van der Waals surface area contributed by atoms with Crippen molar-refractivity contribution in [3.8, 4) is 0 Å². The number of amides is 1. The average molecular weight is 341 g/mol. The Morgan fingerprint density at radius 3 is 2.85 bits per heavy atom. The second-order valence-electron chi connectivity index (χ2n) is 5.26. The minimum absolute atomic E-state index is 0.0996. The van der Waals surface area contributed by atoms with E-state index in [1.54, 1.807) is 17.0 Å². The molecule has 1 aliphatic rings. The van der Waals surface area contributed by atoms with Gasteiger partial charge in [0.05, 0.1) is 4.92 Å². The summed E-state index contributed by atoms with van der Waals surface area (Å²) in [6.45, 7) is 4.58. The molecule has 6 heteroatoms.